The Morgan fingerprint density at radius 2 is 1.47 bits per heavy atom. The maximum atomic E-state index is 5.85. The van der Waals surface area contributed by atoms with Crippen LogP contribution in [0.1, 0.15) is 23.8 Å². The predicted octanol–water partition coefficient (Wildman–Crippen LogP) is 6.85. The van der Waals surface area contributed by atoms with E-state index in [1.165, 1.54) is 27.3 Å². The third kappa shape index (κ3) is 2.71. The van der Waals surface area contributed by atoms with Crippen molar-refractivity contribution in [1.29, 1.82) is 0 Å². The van der Waals surface area contributed by atoms with Crippen molar-refractivity contribution in [1.82, 2.24) is 4.98 Å². The number of fused-ring (bicyclic) bond motifs is 3. The predicted molar refractivity (Wildman–Crippen MR) is 123 cm³/mol. The molecule has 3 nitrogen and oxygen atoms in total. The van der Waals surface area contributed by atoms with Crippen molar-refractivity contribution in [3.05, 3.63) is 108 Å². The van der Waals surface area contributed by atoms with Gasteiger partial charge in [-0.2, -0.15) is 0 Å². The molecule has 0 saturated heterocycles. The van der Waals surface area contributed by atoms with E-state index in [2.05, 4.69) is 89.0 Å². The van der Waals surface area contributed by atoms with Crippen LogP contribution in [0.3, 0.4) is 0 Å². The maximum Gasteiger partial charge on any atom is 0.158 e. The van der Waals surface area contributed by atoms with Crippen LogP contribution in [0.4, 0.5) is 0 Å². The van der Waals surface area contributed by atoms with Crippen molar-refractivity contribution in [2.45, 2.75) is 12.5 Å². The molecule has 1 unspecified atom stereocenters. The summed E-state index contributed by atoms with van der Waals surface area (Å²) in [5.41, 5.74) is 6.67. The Labute approximate surface area is 174 Å². The highest BCUT2D eigenvalue weighted by molar-refractivity contribution is 6.18. The summed E-state index contributed by atoms with van der Waals surface area (Å²) in [5, 5.41) is 8.17. The second-order valence-corrected chi connectivity index (χ2v) is 7.70. The molecule has 0 saturated carbocycles. The van der Waals surface area contributed by atoms with Gasteiger partial charge < -0.3 is 9.82 Å². The molecular weight excluding hydrogens is 368 g/mol. The Kier molecular flexibility index (Phi) is 3.91. The smallest absolute Gasteiger partial charge is 0.158 e. The van der Waals surface area contributed by atoms with Crippen molar-refractivity contribution in [2.24, 2.45) is 5.16 Å². The Bertz CT molecular complexity index is 1380. The minimum Gasteiger partial charge on any atom is -0.387 e. The summed E-state index contributed by atoms with van der Waals surface area (Å²) in [5.74, 6) is 0. The van der Waals surface area contributed by atoms with Crippen molar-refractivity contribution in [3.63, 3.8) is 0 Å². The summed E-state index contributed by atoms with van der Waals surface area (Å²) in [6.07, 6.45) is 0.696. The number of rotatable bonds is 3. The Hall–Kier alpha value is -3.85. The van der Waals surface area contributed by atoms with Gasteiger partial charge in [-0.05, 0) is 16.5 Å². The number of oxime groups is 1. The SMILES string of the molecule is c1ccc(-c2c(C3=NOC(c4ccccc4)C3)[nH]c3c2ccc2ccccc23)cc1. The first-order valence-corrected chi connectivity index (χ1v) is 10.3. The molecule has 3 heteroatoms. The molecule has 144 valence electrons. The normalized spacial score (nSPS) is 16.0. The van der Waals surface area contributed by atoms with E-state index >= 15 is 0 Å². The van der Waals surface area contributed by atoms with Crippen molar-refractivity contribution >= 4 is 27.4 Å². The van der Waals surface area contributed by atoms with Crippen molar-refractivity contribution in [3.8, 4) is 11.1 Å². The van der Waals surface area contributed by atoms with Gasteiger partial charge >= 0.3 is 0 Å². The quantitative estimate of drug-likeness (QED) is 0.360. The third-order valence-electron chi connectivity index (χ3n) is 5.89. The molecule has 0 spiro atoms. The van der Waals surface area contributed by atoms with E-state index in [4.69, 9.17) is 4.84 Å². The molecule has 1 N–H and O–H groups in total. The summed E-state index contributed by atoms with van der Waals surface area (Å²) >= 11 is 0. The minimum atomic E-state index is -0.0482. The monoisotopic (exact) mass is 388 g/mol. The van der Waals surface area contributed by atoms with Crippen LogP contribution < -0.4 is 0 Å². The molecule has 1 aliphatic heterocycles. The highest BCUT2D eigenvalue weighted by Gasteiger charge is 2.28. The molecule has 0 fully saturated rings. The molecule has 4 aromatic carbocycles. The van der Waals surface area contributed by atoms with Crippen LogP contribution in [0.25, 0.3) is 32.8 Å². The number of aromatic nitrogens is 1. The molecule has 5 aromatic rings. The van der Waals surface area contributed by atoms with Crippen LogP contribution in [-0.4, -0.2) is 10.7 Å². The van der Waals surface area contributed by atoms with Gasteiger partial charge in [-0.1, -0.05) is 102 Å². The van der Waals surface area contributed by atoms with E-state index in [0.717, 1.165) is 28.9 Å². The molecule has 0 radical (unpaired) electrons. The minimum absolute atomic E-state index is 0.0482. The zero-order valence-corrected chi connectivity index (χ0v) is 16.4. The van der Waals surface area contributed by atoms with E-state index in [1.807, 2.05) is 18.2 Å². The van der Waals surface area contributed by atoms with Gasteiger partial charge in [-0.25, -0.2) is 0 Å². The number of aromatic amines is 1. The fraction of sp³-hybridized carbons (Fsp3) is 0.0741. The Morgan fingerprint density at radius 1 is 0.733 bits per heavy atom. The van der Waals surface area contributed by atoms with Crippen LogP contribution >= 0.6 is 0 Å². The number of nitrogens with zero attached hydrogens (tertiary/aromatic N) is 1. The Balaban J connectivity index is 1.54. The molecule has 30 heavy (non-hydrogen) atoms. The summed E-state index contributed by atoms with van der Waals surface area (Å²) in [6.45, 7) is 0. The van der Waals surface area contributed by atoms with E-state index in [1.54, 1.807) is 0 Å². The van der Waals surface area contributed by atoms with Crippen LogP contribution in [0.2, 0.25) is 0 Å². The average Bonchev–Trinajstić information content (AvgIpc) is 3.45. The molecule has 6 rings (SSSR count). The lowest BCUT2D eigenvalue weighted by Crippen LogP contribution is -2.03. The second kappa shape index (κ2) is 6.89. The van der Waals surface area contributed by atoms with Crippen LogP contribution in [0, 0.1) is 0 Å². The molecule has 1 aliphatic rings. The second-order valence-electron chi connectivity index (χ2n) is 7.70. The number of H-pyrrole nitrogens is 1. The van der Waals surface area contributed by atoms with Gasteiger partial charge in [-0.3, -0.25) is 0 Å². The Morgan fingerprint density at radius 3 is 2.30 bits per heavy atom. The number of benzene rings is 4. The summed E-state index contributed by atoms with van der Waals surface area (Å²) in [4.78, 5) is 9.56. The van der Waals surface area contributed by atoms with Gasteiger partial charge in [0.25, 0.3) is 0 Å². The summed E-state index contributed by atoms with van der Waals surface area (Å²) < 4.78 is 0. The van der Waals surface area contributed by atoms with Gasteiger partial charge in [0, 0.05) is 22.8 Å². The lowest BCUT2D eigenvalue weighted by atomic mass is 9.96. The topological polar surface area (TPSA) is 37.4 Å². The highest BCUT2D eigenvalue weighted by atomic mass is 16.6. The van der Waals surface area contributed by atoms with E-state index in [-0.39, 0.29) is 6.10 Å². The van der Waals surface area contributed by atoms with Crippen LogP contribution in [0.15, 0.2) is 102 Å². The summed E-state index contributed by atoms with van der Waals surface area (Å²) in [6, 6.07) is 33.7. The van der Waals surface area contributed by atoms with Gasteiger partial charge in [0.15, 0.2) is 6.10 Å². The number of hydrogen-bond donors (Lipinski definition) is 1. The summed E-state index contributed by atoms with van der Waals surface area (Å²) in [7, 11) is 0. The average molecular weight is 388 g/mol. The highest BCUT2D eigenvalue weighted by Crippen LogP contribution is 2.39. The van der Waals surface area contributed by atoms with Gasteiger partial charge in [-0.15, -0.1) is 0 Å². The maximum absolute atomic E-state index is 5.85. The molecule has 0 aliphatic carbocycles. The first-order valence-electron chi connectivity index (χ1n) is 10.3. The lowest BCUT2D eigenvalue weighted by Gasteiger charge is -2.08. The van der Waals surface area contributed by atoms with E-state index in [0.29, 0.717) is 0 Å². The molecule has 0 bridgehead atoms. The number of hydrogen-bond acceptors (Lipinski definition) is 2. The molecule has 2 heterocycles. The van der Waals surface area contributed by atoms with Crippen LogP contribution in [0.5, 0.6) is 0 Å². The fourth-order valence-corrected chi connectivity index (χ4v) is 4.43. The standard InChI is InChI=1S/C27H20N2O/c1-3-10-19(11-4-1)24-17-23(29-30-24)27-25(20-12-5-2-6-13-20)22-16-15-18-9-7-8-14-21(18)26(22)28-27/h1-16,24,28H,17H2. The zero-order valence-electron chi connectivity index (χ0n) is 16.4. The lowest BCUT2D eigenvalue weighted by molar-refractivity contribution is 0.0857. The van der Waals surface area contributed by atoms with Crippen LogP contribution in [-0.2, 0) is 4.84 Å². The molecular formula is C27H20N2O. The first-order chi connectivity index (χ1) is 14.9. The molecule has 0 amide bonds. The largest absolute Gasteiger partial charge is 0.387 e. The first kappa shape index (κ1) is 17.0. The van der Waals surface area contributed by atoms with Gasteiger partial charge in [0.1, 0.15) is 5.71 Å². The fourth-order valence-electron chi connectivity index (χ4n) is 4.43. The van der Waals surface area contributed by atoms with E-state index in [9.17, 15) is 0 Å². The van der Waals surface area contributed by atoms with Crippen molar-refractivity contribution in [2.75, 3.05) is 0 Å². The molecule has 1 aromatic heterocycles. The number of nitrogens with one attached hydrogen (secondary N) is 1. The van der Waals surface area contributed by atoms with Crippen molar-refractivity contribution < 1.29 is 4.84 Å². The van der Waals surface area contributed by atoms with E-state index < -0.39 is 0 Å². The zero-order chi connectivity index (χ0) is 19.9. The van der Waals surface area contributed by atoms with Gasteiger partial charge in [0.2, 0.25) is 0 Å². The third-order valence-corrected chi connectivity index (χ3v) is 5.89. The van der Waals surface area contributed by atoms with Gasteiger partial charge in [0.05, 0.1) is 11.2 Å². The molecule has 1 atom stereocenters.